The minimum atomic E-state index is -0.893. The first-order valence-corrected chi connectivity index (χ1v) is 8.79. The van der Waals surface area contributed by atoms with Crippen LogP contribution in [-0.2, 0) is 16.0 Å². The van der Waals surface area contributed by atoms with E-state index in [0.29, 0.717) is 6.42 Å². The number of rotatable bonds is 3. The molecule has 1 aliphatic rings. The predicted molar refractivity (Wildman–Crippen MR) is 102 cm³/mol. The number of methoxy groups -OCH3 is 2. The number of benzene rings is 2. The zero-order valence-corrected chi connectivity index (χ0v) is 15.5. The van der Waals surface area contributed by atoms with Crippen LogP contribution in [0.5, 0.6) is 11.5 Å². The topological polar surface area (TPSA) is 83.6 Å². The molecule has 0 saturated heterocycles. The summed E-state index contributed by atoms with van der Waals surface area (Å²) in [6, 6.07) is 12.6. The van der Waals surface area contributed by atoms with Gasteiger partial charge in [0.2, 0.25) is 0 Å². The van der Waals surface area contributed by atoms with Gasteiger partial charge in [-0.1, -0.05) is 12.1 Å². The standard InChI is InChI=1S/C21H22N2O4/c1-21(20(25)27-3)11-16-15-10-14(26-2)7-8-17(15)22-19(16)18(23-21)12-5-4-6-13(24)9-12/h4-10,18,22-24H,11H2,1-3H3/t18?,21-/m0/s1. The van der Waals surface area contributed by atoms with Crippen LogP contribution >= 0.6 is 0 Å². The molecule has 0 bridgehead atoms. The zero-order chi connectivity index (χ0) is 19.2. The smallest absolute Gasteiger partial charge is 0.326 e. The molecule has 2 atom stereocenters. The predicted octanol–water partition coefficient (Wildman–Crippen LogP) is 3.05. The minimum absolute atomic E-state index is 0.180. The number of aromatic nitrogens is 1. The van der Waals surface area contributed by atoms with E-state index in [4.69, 9.17) is 9.47 Å². The van der Waals surface area contributed by atoms with Gasteiger partial charge >= 0.3 is 5.97 Å². The second kappa shape index (κ2) is 6.32. The first-order valence-electron chi connectivity index (χ1n) is 8.79. The number of phenols is 1. The summed E-state index contributed by atoms with van der Waals surface area (Å²) < 4.78 is 10.4. The molecule has 0 aliphatic carbocycles. The van der Waals surface area contributed by atoms with Crippen LogP contribution in [0.25, 0.3) is 10.9 Å². The lowest BCUT2D eigenvalue weighted by molar-refractivity contribution is -0.148. The number of esters is 1. The molecule has 1 aromatic heterocycles. The summed E-state index contributed by atoms with van der Waals surface area (Å²) in [6.45, 7) is 1.84. The van der Waals surface area contributed by atoms with Crippen LogP contribution in [-0.4, -0.2) is 35.8 Å². The molecule has 0 spiro atoms. The molecule has 6 nitrogen and oxygen atoms in total. The quantitative estimate of drug-likeness (QED) is 0.621. The highest BCUT2D eigenvalue weighted by Crippen LogP contribution is 2.40. The number of hydrogen-bond donors (Lipinski definition) is 3. The van der Waals surface area contributed by atoms with Crippen molar-refractivity contribution < 1.29 is 19.4 Å². The first kappa shape index (κ1) is 17.4. The Morgan fingerprint density at radius 3 is 2.74 bits per heavy atom. The molecule has 27 heavy (non-hydrogen) atoms. The van der Waals surface area contributed by atoms with E-state index in [1.807, 2.05) is 31.2 Å². The molecule has 4 rings (SSSR count). The molecule has 0 saturated carbocycles. The molecule has 6 heteroatoms. The van der Waals surface area contributed by atoms with E-state index in [0.717, 1.165) is 33.5 Å². The monoisotopic (exact) mass is 366 g/mol. The van der Waals surface area contributed by atoms with Gasteiger partial charge in [0.1, 0.15) is 17.0 Å². The fourth-order valence-electron chi connectivity index (χ4n) is 3.92. The van der Waals surface area contributed by atoms with Gasteiger partial charge in [0.05, 0.1) is 20.3 Å². The summed E-state index contributed by atoms with van der Waals surface area (Å²) in [7, 11) is 3.03. The lowest BCUT2D eigenvalue weighted by Gasteiger charge is -2.37. The summed E-state index contributed by atoms with van der Waals surface area (Å²) in [6.07, 6.45) is 0.484. The number of ether oxygens (including phenoxy) is 2. The molecule has 0 amide bonds. The van der Waals surface area contributed by atoms with Gasteiger partial charge in [0.15, 0.2) is 0 Å². The van der Waals surface area contributed by atoms with Gasteiger partial charge in [-0.15, -0.1) is 0 Å². The Balaban J connectivity index is 1.94. The van der Waals surface area contributed by atoms with E-state index in [-0.39, 0.29) is 17.8 Å². The second-order valence-electron chi connectivity index (χ2n) is 7.10. The van der Waals surface area contributed by atoms with Crippen LogP contribution < -0.4 is 10.1 Å². The van der Waals surface area contributed by atoms with E-state index in [1.54, 1.807) is 25.3 Å². The van der Waals surface area contributed by atoms with Crippen molar-refractivity contribution in [3.63, 3.8) is 0 Å². The molecule has 140 valence electrons. The SMILES string of the molecule is COC(=O)[C@]1(C)Cc2c([nH]c3ccc(OC)cc23)C(c2cccc(O)c2)N1. The molecule has 2 heterocycles. The van der Waals surface area contributed by atoms with Crippen LogP contribution in [0.4, 0.5) is 0 Å². The van der Waals surface area contributed by atoms with Crippen molar-refractivity contribution in [2.75, 3.05) is 14.2 Å². The summed E-state index contributed by atoms with van der Waals surface area (Å²) in [5, 5.41) is 14.4. The molecule has 3 aromatic rings. The molecule has 1 aliphatic heterocycles. The minimum Gasteiger partial charge on any atom is -0.508 e. The van der Waals surface area contributed by atoms with E-state index >= 15 is 0 Å². The normalized spacial score (nSPS) is 21.7. The van der Waals surface area contributed by atoms with Crippen molar-refractivity contribution in [1.29, 1.82) is 0 Å². The fourth-order valence-corrected chi connectivity index (χ4v) is 3.92. The Morgan fingerprint density at radius 1 is 1.22 bits per heavy atom. The highest BCUT2D eigenvalue weighted by atomic mass is 16.5. The molecule has 0 fully saturated rings. The van der Waals surface area contributed by atoms with Crippen molar-refractivity contribution in [3.8, 4) is 11.5 Å². The van der Waals surface area contributed by atoms with Crippen molar-refractivity contribution in [3.05, 3.63) is 59.3 Å². The fraction of sp³-hybridized carbons (Fsp3) is 0.286. The number of fused-ring (bicyclic) bond motifs is 3. The van der Waals surface area contributed by atoms with Gasteiger partial charge in [-0.3, -0.25) is 10.1 Å². The van der Waals surface area contributed by atoms with Crippen LogP contribution in [0.1, 0.15) is 29.8 Å². The molecule has 2 aromatic carbocycles. The number of H-pyrrole nitrogens is 1. The van der Waals surface area contributed by atoms with Crippen LogP contribution in [0, 0.1) is 0 Å². The number of carbonyl (C=O) groups is 1. The maximum atomic E-state index is 12.6. The molecule has 3 N–H and O–H groups in total. The van der Waals surface area contributed by atoms with Crippen LogP contribution in [0.3, 0.4) is 0 Å². The number of nitrogens with one attached hydrogen (secondary N) is 2. The third-order valence-corrected chi connectivity index (χ3v) is 5.27. The Morgan fingerprint density at radius 2 is 2.04 bits per heavy atom. The van der Waals surface area contributed by atoms with Gasteiger partial charge < -0.3 is 19.6 Å². The average Bonchev–Trinajstić information content (AvgIpc) is 3.04. The van der Waals surface area contributed by atoms with Gasteiger partial charge in [0, 0.05) is 23.0 Å². The maximum absolute atomic E-state index is 12.6. The van der Waals surface area contributed by atoms with Gasteiger partial charge in [-0.05, 0) is 48.4 Å². The average molecular weight is 366 g/mol. The Hall–Kier alpha value is -2.99. The van der Waals surface area contributed by atoms with Gasteiger partial charge in [-0.2, -0.15) is 0 Å². The Kier molecular flexibility index (Phi) is 4.08. The number of carbonyl (C=O) groups excluding carboxylic acids is 1. The third-order valence-electron chi connectivity index (χ3n) is 5.27. The maximum Gasteiger partial charge on any atom is 0.326 e. The summed E-state index contributed by atoms with van der Waals surface area (Å²) in [5.41, 5.74) is 2.97. The van der Waals surface area contributed by atoms with E-state index < -0.39 is 5.54 Å². The Labute approximate surface area is 157 Å². The lowest BCUT2D eigenvalue weighted by atomic mass is 9.82. The summed E-state index contributed by atoms with van der Waals surface area (Å²) in [5.74, 6) is 0.617. The lowest BCUT2D eigenvalue weighted by Crippen LogP contribution is -2.56. The second-order valence-corrected chi connectivity index (χ2v) is 7.10. The van der Waals surface area contributed by atoms with Gasteiger partial charge in [0.25, 0.3) is 0 Å². The summed E-state index contributed by atoms with van der Waals surface area (Å²) in [4.78, 5) is 16.0. The van der Waals surface area contributed by atoms with Crippen molar-refractivity contribution in [1.82, 2.24) is 10.3 Å². The first-order chi connectivity index (χ1) is 12.9. The molecular formula is C21H22N2O4. The van der Waals surface area contributed by atoms with Crippen LogP contribution in [0.15, 0.2) is 42.5 Å². The molecule has 1 unspecified atom stereocenters. The van der Waals surface area contributed by atoms with Crippen molar-refractivity contribution >= 4 is 16.9 Å². The number of aromatic amines is 1. The molecule has 0 radical (unpaired) electrons. The van der Waals surface area contributed by atoms with E-state index in [9.17, 15) is 9.90 Å². The number of aromatic hydroxyl groups is 1. The number of hydrogen-bond acceptors (Lipinski definition) is 5. The highest BCUT2D eigenvalue weighted by molar-refractivity contribution is 5.89. The summed E-state index contributed by atoms with van der Waals surface area (Å²) >= 11 is 0. The number of phenolic OH excluding ortho intramolecular Hbond substituents is 1. The van der Waals surface area contributed by atoms with Crippen molar-refractivity contribution in [2.24, 2.45) is 0 Å². The largest absolute Gasteiger partial charge is 0.508 e. The highest BCUT2D eigenvalue weighted by Gasteiger charge is 2.43. The third kappa shape index (κ3) is 2.82. The zero-order valence-electron chi connectivity index (χ0n) is 15.5. The van der Waals surface area contributed by atoms with Gasteiger partial charge in [-0.25, -0.2) is 0 Å². The van der Waals surface area contributed by atoms with Crippen molar-refractivity contribution in [2.45, 2.75) is 24.9 Å². The Bertz CT molecular complexity index is 1030. The van der Waals surface area contributed by atoms with Crippen LogP contribution in [0.2, 0.25) is 0 Å². The van der Waals surface area contributed by atoms with E-state index in [1.165, 1.54) is 7.11 Å². The van der Waals surface area contributed by atoms with E-state index in [2.05, 4.69) is 10.3 Å². The molecular weight excluding hydrogens is 344 g/mol.